The SMILES string of the molecule is CCOC(=O)Cc1ccc(NC(=O)c2ccc(C)c(Nc3nccc(-c4cccnc4)n3)c2)cc1. The lowest BCUT2D eigenvalue weighted by Crippen LogP contribution is -2.13. The molecule has 2 N–H and O–H groups in total. The Hall–Kier alpha value is -4.59. The van der Waals surface area contributed by atoms with Crippen LogP contribution in [0, 0.1) is 6.92 Å². The number of carbonyl (C=O) groups is 2. The topological polar surface area (TPSA) is 106 Å². The molecule has 35 heavy (non-hydrogen) atoms. The number of amides is 1. The highest BCUT2D eigenvalue weighted by molar-refractivity contribution is 6.05. The Morgan fingerprint density at radius 3 is 2.57 bits per heavy atom. The Kier molecular flexibility index (Phi) is 7.42. The molecule has 0 aliphatic heterocycles. The molecular weight excluding hydrogens is 442 g/mol. The predicted molar refractivity (Wildman–Crippen MR) is 134 cm³/mol. The van der Waals surface area contributed by atoms with Gasteiger partial charge in [0.15, 0.2) is 0 Å². The zero-order chi connectivity index (χ0) is 24.6. The number of carbonyl (C=O) groups excluding carboxylic acids is 2. The maximum Gasteiger partial charge on any atom is 0.310 e. The van der Waals surface area contributed by atoms with Gasteiger partial charge in [-0.05, 0) is 67.4 Å². The zero-order valence-corrected chi connectivity index (χ0v) is 19.5. The summed E-state index contributed by atoms with van der Waals surface area (Å²) in [5.74, 6) is -0.112. The third-order valence-corrected chi connectivity index (χ3v) is 5.22. The molecule has 0 aliphatic rings. The van der Waals surface area contributed by atoms with E-state index in [9.17, 15) is 9.59 Å². The Morgan fingerprint density at radius 1 is 1.00 bits per heavy atom. The van der Waals surface area contributed by atoms with E-state index in [1.54, 1.807) is 61.9 Å². The third-order valence-electron chi connectivity index (χ3n) is 5.22. The minimum absolute atomic E-state index is 0.194. The fourth-order valence-electron chi connectivity index (χ4n) is 3.40. The summed E-state index contributed by atoms with van der Waals surface area (Å²) in [6.07, 6.45) is 5.32. The number of ether oxygens (including phenoxy) is 1. The molecule has 0 saturated heterocycles. The number of rotatable bonds is 8. The Balaban J connectivity index is 1.46. The first-order valence-electron chi connectivity index (χ1n) is 11.2. The summed E-state index contributed by atoms with van der Waals surface area (Å²) in [5.41, 5.74) is 5.23. The number of hydrogen-bond acceptors (Lipinski definition) is 7. The summed E-state index contributed by atoms with van der Waals surface area (Å²) in [4.78, 5) is 37.5. The molecule has 8 heteroatoms. The molecule has 176 valence electrons. The van der Waals surface area contributed by atoms with Gasteiger partial charge in [0.25, 0.3) is 5.91 Å². The quantitative estimate of drug-likeness (QED) is 0.353. The lowest BCUT2D eigenvalue weighted by atomic mass is 10.1. The smallest absolute Gasteiger partial charge is 0.310 e. The molecule has 0 bridgehead atoms. The van der Waals surface area contributed by atoms with Crippen LogP contribution in [0.4, 0.5) is 17.3 Å². The summed E-state index contributed by atoms with van der Waals surface area (Å²) in [6.45, 7) is 4.06. The van der Waals surface area contributed by atoms with Gasteiger partial charge in [0.2, 0.25) is 5.95 Å². The van der Waals surface area contributed by atoms with Gasteiger partial charge < -0.3 is 15.4 Å². The molecule has 8 nitrogen and oxygen atoms in total. The van der Waals surface area contributed by atoms with Gasteiger partial charge in [0.05, 0.1) is 18.7 Å². The van der Waals surface area contributed by atoms with Crippen LogP contribution in [0.3, 0.4) is 0 Å². The summed E-state index contributed by atoms with van der Waals surface area (Å²) in [6, 6.07) is 18.1. The maximum atomic E-state index is 12.9. The summed E-state index contributed by atoms with van der Waals surface area (Å²) < 4.78 is 4.96. The van der Waals surface area contributed by atoms with Crippen LogP contribution in [-0.4, -0.2) is 33.4 Å². The number of pyridine rings is 1. The van der Waals surface area contributed by atoms with Crippen LogP contribution in [-0.2, 0) is 16.0 Å². The number of aromatic nitrogens is 3. The predicted octanol–water partition coefficient (Wildman–Crippen LogP) is 4.95. The van der Waals surface area contributed by atoms with Gasteiger partial charge in [0, 0.05) is 41.1 Å². The lowest BCUT2D eigenvalue weighted by molar-refractivity contribution is -0.142. The molecule has 0 atom stereocenters. The monoisotopic (exact) mass is 467 g/mol. The number of esters is 1. The number of nitrogens with one attached hydrogen (secondary N) is 2. The molecule has 0 radical (unpaired) electrons. The number of nitrogens with zero attached hydrogens (tertiary/aromatic N) is 3. The van der Waals surface area contributed by atoms with Crippen molar-refractivity contribution in [3.63, 3.8) is 0 Å². The Bertz CT molecular complexity index is 1320. The van der Waals surface area contributed by atoms with Gasteiger partial charge in [-0.15, -0.1) is 0 Å². The molecule has 4 rings (SSSR count). The molecule has 2 aromatic carbocycles. The van der Waals surface area contributed by atoms with E-state index in [2.05, 4.69) is 25.6 Å². The van der Waals surface area contributed by atoms with Gasteiger partial charge in [-0.2, -0.15) is 0 Å². The number of benzene rings is 2. The molecule has 0 fully saturated rings. The van der Waals surface area contributed by atoms with Crippen molar-refractivity contribution in [2.45, 2.75) is 20.3 Å². The second-order valence-corrected chi connectivity index (χ2v) is 7.79. The highest BCUT2D eigenvalue weighted by atomic mass is 16.5. The van der Waals surface area contributed by atoms with E-state index >= 15 is 0 Å². The Labute approximate surface area is 203 Å². The van der Waals surface area contributed by atoms with Crippen LogP contribution in [0.5, 0.6) is 0 Å². The molecule has 0 aliphatic carbocycles. The highest BCUT2D eigenvalue weighted by Gasteiger charge is 2.11. The fourth-order valence-corrected chi connectivity index (χ4v) is 3.40. The molecular formula is C27H25N5O3. The van der Waals surface area contributed by atoms with E-state index in [4.69, 9.17) is 4.74 Å². The second kappa shape index (κ2) is 11.0. The summed E-state index contributed by atoms with van der Waals surface area (Å²) in [7, 11) is 0. The molecule has 4 aromatic rings. The van der Waals surface area contributed by atoms with Crippen molar-refractivity contribution in [2.24, 2.45) is 0 Å². The van der Waals surface area contributed by atoms with E-state index in [0.29, 0.717) is 23.8 Å². The third kappa shape index (κ3) is 6.26. The zero-order valence-electron chi connectivity index (χ0n) is 19.5. The number of hydrogen-bond donors (Lipinski definition) is 2. The van der Waals surface area contributed by atoms with Crippen molar-refractivity contribution in [2.75, 3.05) is 17.2 Å². The first-order chi connectivity index (χ1) is 17.0. The molecule has 2 aromatic heterocycles. The second-order valence-electron chi connectivity index (χ2n) is 7.79. The number of aryl methyl sites for hydroxylation is 1. The van der Waals surface area contributed by atoms with Gasteiger partial charge in [0.1, 0.15) is 0 Å². The van der Waals surface area contributed by atoms with Crippen molar-refractivity contribution < 1.29 is 14.3 Å². The fraction of sp³-hybridized carbons (Fsp3) is 0.148. The molecule has 0 saturated carbocycles. The standard InChI is InChI=1S/C27H25N5O3/c1-3-35-25(33)15-19-7-10-22(11-8-19)30-26(34)20-9-6-18(2)24(16-20)32-27-29-14-12-23(31-27)21-5-4-13-28-17-21/h4-14,16-17H,3,15H2,1-2H3,(H,30,34)(H,29,31,32). The van der Waals surface area contributed by atoms with Crippen LogP contribution in [0.25, 0.3) is 11.3 Å². The molecule has 1 amide bonds. The lowest BCUT2D eigenvalue weighted by Gasteiger charge is -2.12. The van der Waals surface area contributed by atoms with E-state index in [-0.39, 0.29) is 18.3 Å². The van der Waals surface area contributed by atoms with Crippen molar-refractivity contribution in [3.8, 4) is 11.3 Å². The first-order valence-corrected chi connectivity index (χ1v) is 11.2. The van der Waals surface area contributed by atoms with E-state index in [0.717, 1.165) is 28.1 Å². The minimum atomic E-state index is -0.279. The average Bonchev–Trinajstić information content (AvgIpc) is 2.87. The minimum Gasteiger partial charge on any atom is -0.466 e. The van der Waals surface area contributed by atoms with Gasteiger partial charge in [-0.3, -0.25) is 14.6 Å². The maximum absolute atomic E-state index is 12.9. The van der Waals surface area contributed by atoms with E-state index < -0.39 is 0 Å². The van der Waals surface area contributed by atoms with Gasteiger partial charge in [-0.1, -0.05) is 18.2 Å². The van der Waals surface area contributed by atoms with Crippen LogP contribution < -0.4 is 10.6 Å². The first kappa shape index (κ1) is 23.6. The van der Waals surface area contributed by atoms with Crippen molar-refractivity contribution >= 4 is 29.2 Å². The van der Waals surface area contributed by atoms with Crippen molar-refractivity contribution in [3.05, 3.63) is 95.9 Å². The normalized spacial score (nSPS) is 10.5. The average molecular weight is 468 g/mol. The summed E-state index contributed by atoms with van der Waals surface area (Å²) >= 11 is 0. The van der Waals surface area contributed by atoms with Gasteiger partial charge >= 0.3 is 5.97 Å². The van der Waals surface area contributed by atoms with Crippen molar-refractivity contribution in [1.29, 1.82) is 0 Å². The summed E-state index contributed by atoms with van der Waals surface area (Å²) in [5, 5.41) is 6.10. The number of anilines is 3. The molecule has 0 spiro atoms. The van der Waals surface area contributed by atoms with Crippen molar-refractivity contribution in [1.82, 2.24) is 15.0 Å². The van der Waals surface area contributed by atoms with Gasteiger partial charge in [-0.25, -0.2) is 9.97 Å². The largest absolute Gasteiger partial charge is 0.466 e. The Morgan fingerprint density at radius 2 is 1.83 bits per heavy atom. The molecule has 2 heterocycles. The van der Waals surface area contributed by atoms with Crippen LogP contribution >= 0.6 is 0 Å². The van der Waals surface area contributed by atoms with E-state index in [1.807, 2.05) is 31.2 Å². The van der Waals surface area contributed by atoms with E-state index in [1.165, 1.54) is 0 Å². The van der Waals surface area contributed by atoms with Crippen LogP contribution in [0.15, 0.2) is 79.3 Å². The highest BCUT2D eigenvalue weighted by Crippen LogP contribution is 2.23. The molecule has 0 unspecified atom stereocenters. The van der Waals surface area contributed by atoms with Crippen LogP contribution in [0.1, 0.15) is 28.4 Å². The van der Waals surface area contributed by atoms with Crippen LogP contribution in [0.2, 0.25) is 0 Å².